The molecule has 1 aromatic carbocycles. The molecule has 2 aromatic rings. The van der Waals surface area contributed by atoms with Crippen LogP contribution in [0, 0.1) is 13.8 Å². The smallest absolute Gasteiger partial charge is 0.241 e. The number of nitrogens with zero attached hydrogens (tertiary/aromatic N) is 4. The van der Waals surface area contributed by atoms with E-state index < -0.39 is 0 Å². The van der Waals surface area contributed by atoms with E-state index in [1.54, 1.807) is 12.4 Å². The summed E-state index contributed by atoms with van der Waals surface area (Å²) in [5.74, 6) is 0.862. The Morgan fingerprint density at radius 3 is 2.29 bits per heavy atom. The average Bonchev–Trinajstić information content (AvgIpc) is 2.60. The minimum atomic E-state index is 0.128. The summed E-state index contributed by atoms with van der Waals surface area (Å²) in [5.41, 5.74) is 3.39. The van der Waals surface area contributed by atoms with Gasteiger partial charge in [-0.3, -0.25) is 4.79 Å². The Labute approximate surface area is 142 Å². The largest absolute Gasteiger partial charge is 0.376 e. The number of anilines is 2. The van der Waals surface area contributed by atoms with E-state index >= 15 is 0 Å². The highest BCUT2D eigenvalue weighted by Crippen LogP contribution is 2.14. The molecule has 1 aliphatic rings. The zero-order valence-electron chi connectivity index (χ0n) is 14.2. The Bertz CT molecular complexity index is 676. The van der Waals surface area contributed by atoms with Crippen molar-refractivity contribution in [2.75, 3.05) is 42.9 Å². The zero-order chi connectivity index (χ0) is 16.9. The van der Waals surface area contributed by atoms with E-state index in [9.17, 15) is 4.79 Å². The molecule has 0 unspecified atom stereocenters. The third-order valence-electron chi connectivity index (χ3n) is 4.13. The first-order valence-corrected chi connectivity index (χ1v) is 8.24. The molecule has 2 heterocycles. The van der Waals surface area contributed by atoms with Crippen LogP contribution in [0.3, 0.4) is 0 Å². The average molecular weight is 325 g/mol. The van der Waals surface area contributed by atoms with Gasteiger partial charge in [0.05, 0.1) is 6.54 Å². The summed E-state index contributed by atoms with van der Waals surface area (Å²) in [4.78, 5) is 24.9. The lowest BCUT2D eigenvalue weighted by molar-refractivity contribution is -0.129. The van der Waals surface area contributed by atoms with Crippen molar-refractivity contribution in [2.45, 2.75) is 13.8 Å². The lowest BCUT2D eigenvalue weighted by atomic mass is 10.1. The number of hydrogen-bond acceptors (Lipinski definition) is 5. The van der Waals surface area contributed by atoms with Gasteiger partial charge in [-0.05, 0) is 43.2 Å². The third-order valence-corrected chi connectivity index (χ3v) is 4.13. The molecule has 0 atom stereocenters. The molecule has 1 fully saturated rings. The van der Waals surface area contributed by atoms with Crippen molar-refractivity contribution in [3.05, 3.63) is 47.8 Å². The van der Waals surface area contributed by atoms with Crippen molar-refractivity contribution in [3.8, 4) is 0 Å². The van der Waals surface area contributed by atoms with Crippen LogP contribution in [0.2, 0.25) is 0 Å². The van der Waals surface area contributed by atoms with Crippen molar-refractivity contribution in [2.24, 2.45) is 0 Å². The molecule has 0 aliphatic carbocycles. The Kier molecular flexibility index (Phi) is 4.93. The Hall–Kier alpha value is -2.63. The highest BCUT2D eigenvalue weighted by molar-refractivity contribution is 5.81. The first-order valence-electron chi connectivity index (χ1n) is 8.24. The van der Waals surface area contributed by atoms with Gasteiger partial charge >= 0.3 is 0 Å². The first-order chi connectivity index (χ1) is 11.6. The van der Waals surface area contributed by atoms with Crippen molar-refractivity contribution in [1.29, 1.82) is 0 Å². The Morgan fingerprint density at radius 1 is 1.04 bits per heavy atom. The molecule has 126 valence electrons. The van der Waals surface area contributed by atoms with Crippen LogP contribution in [0.1, 0.15) is 11.1 Å². The highest BCUT2D eigenvalue weighted by Gasteiger charge is 2.22. The van der Waals surface area contributed by atoms with Gasteiger partial charge in [-0.15, -0.1) is 0 Å². The van der Waals surface area contributed by atoms with Crippen LogP contribution in [0.15, 0.2) is 36.7 Å². The van der Waals surface area contributed by atoms with Gasteiger partial charge < -0.3 is 15.1 Å². The number of aryl methyl sites for hydroxylation is 2. The minimum absolute atomic E-state index is 0.128. The second-order valence-electron chi connectivity index (χ2n) is 6.15. The summed E-state index contributed by atoms with van der Waals surface area (Å²) in [6.07, 6.45) is 3.49. The molecule has 6 nitrogen and oxygen atoms in total. The molecule has 3 rings (SSSR count). The molecule has 1 aliphatic heterocycles. The van der Waals surface area contributed by atoms with Crippen LogP contribution in [-0.2, 0) is 4.79 Å². The Morgan fingerprint density at radius 2 is 1.67 bits per heavy atom. The van der Waals surface area contributed by atoms with Crippen LogP contribution in [0.4, 0.5) is 11.6 Å². The molecule has 6 heteroatoms. The number of piperazine rings is 1. The molecule has 1 aromatic heterocycles. The maximum absolute atomic E-state index is 12.4. The maximum atomic E-state index is 12.4. The van der Waals surface area contributed by atoms with Crippen molar-refractivity contribution in [1.82, 2.24) is 14.9 Å². The van der Waals surface area contributed by atoms with Crippen LogP contribution >= 0.6 is 0 Å². The predicted molar refractivity (Wildman–Crippen MR) is 95.2 cm³/mol. The van der Waals surface area contributed by atoms with Gasteiger partial charge in [-0.2, -0.15) is 0 Å². The van der Waals surface area contributed by atoms with Crippen molar-refractivity contribution < 1.29 is 4.79 Å². The van der Waals surface area contributed by atoms with E-state index in [0.29, 0.717) is 19.6 Å². The van der Waals surface area contributed by atoms with E-state index in [1.165, 1.54) is 11.1 Å². The lowest BCUT2D eigenvalue weighted by Gasteiger charge is -2.34. The monoisotopic (exact) mass is 325 g/mol. The molecular weight excluding hydrogens is 302 g/mol. The number of benzene rings is 1. The van der Waals surface area contributed by atoms with Crippen LogP contribution in [-0.4, -0.2) is 53.5 Å². The van der Waals surface area contributed by atoms with E-state index in [1.807, 2.05) is 11.0 Å². The number of carbonyl (C=O) groups excluding carboxylic acids is 1. The Balaban J connectivity index is 1.50. The van der Waals surface area contributed by atoms with Gasteiger partial charge in [-0.1, -0.05) is 6.07 Å². The van der Waals surface area contributed by atoms with Crippen molar-refractivity contribution in [3.63, 3.8) is 0 Å². The highest BCUT2D eigenvalue weighted by atomic mass is 16.2. The number of nitrogens with one attached hydrogen (secondary N) is 1. The van der Waals surface area contributed by atoms with Gasteiger partial charge in [0.2, 0.25) is 11.9 Å². The predicted octanol–water partition coefficient (Wildman–Crippen LogP) is 1.85. The number of amides is 1. The van der Waals surface area contributed by atoms with E-state index in [-0.39, 0.29) is 5.91 Å². The fraction of sp³-hybridized carbons (Fsp3) is 0.389. The zero-order valence-corrected chi connectivity index (χ0v) is 14.2. The summed E-state index contributed by atoms with van der Waals surface area (Å²) in [5, 5.41) is 3.24. The molecule has 0 radical (unpaired) electrons. The lowest BCUT2D eigenvalue weighted by Crippen LogP contribution is -2.50. The molecular formula is C18H23N5O. The molecule has 0 spiro atoms. The van der Waals surface area contributed by atoms with Crippen molar-refractivity contribution >= 4 is 17.5 Å². The topological polar surface area (TPSA) is 61.4 Å². The molecule has 1 saturated heterocycles. The second kappa shape index (κ2) is 7.29. The van der Waals surface area contributed by atoms with Crippen LogP contribution in [0.25, 0.3) is 0 Å². The molecule has 1 amide bonds. The molecule has 0 saturated carbocycles. The standard InChI is InChI=1S/C18H23N5O/c1-14-10-15(2)12-16(11-14)21-13-17(24)22-6-8-23(9-7-22)18-19-4-3-5-20-18/h3-5,10-12,21H,6-9,13H2,1-2H3. The quantitative estimate of drug-likeness (QED) is 0.930. The molecule has 1 N–H and O–H groups in total. The summed E-state index contributed by atoms with van der Waals surface area (Å²) in [6.45, 7) is 7.37. The van der Waals surface area contributed by atoms with Gasteiger partial charge in [0.15, 0.2) is 0 Å². The SMILES string of the molecule is Cc1cc(C)cc(NCC(=O)N2CCN(c3ncccn3)CC2)c1. The number of hydrogen-bond donors (Lipinski definition) is 1. The number of carbonyl (C=O) groups is 1. The summed E-state index contributed by atoms with van der Waals surface area (Å²) < 4.78 is 0. The van der Waals surface area contributed by atoms with Gasteiger partial charge in [0.1, 0.15) is 0 Å². The maximum Gasteiger partial charge on any atom is 0.241 e. The van der Waals surface area contributed by atoms with E-state index in [0.717, 1.165) is 24.7 Å². The summed E-state index contributed by atoms with van der Waals surface area (Å²) >= 11 is 0. The fourth-order valence-corrected chi connectivity index (χ4v) is 2.98. The summed E-state index contributed by atoms with van der Waals surface area (Å²) in [7, 11) is 0. The number of aromatic nitrogens is 2. The number of rotatable bonds is 4. The normalized spacial score (nSPS) is 14.6. The first kappa shape index (κ1) is 16.2. The van der Waals surface area contributed by atoms with E-state index in [4.69, 9.17) is 0 Å². The summed E-state index contributed by atoms with van der Waals surface area (Å²) in [6, 6.07) is 8.05. The van der Waals surface area contributed by atoms with E-state index in [2.05, 4.69) is 52.2 Å². The third kappa shape index (κ3) is 4.01. The minimum Gasteiger partial charge on any atom is -0.376 e. The molecule has 24 heavy (non-hydrogen) atoms. The van der Waals surface area contributed by atoms with Gasteiger partial charge in [0, 0.05) is 44.3 Å². The van der Waals surface area contributed by atoms with Crippen LogP contribution in [0.5, 0.6) is 0 Å². The second-order valence-corrected chi connectivity index (χ2v) is 6.15. The molecule has 0 bridgehead atoms. The van der Waals surface area contributed by atoms with Gasteiger partial charge in [-0.25, -0.2) is 9.97 Å². The van der Waals surface area contributed by atoms with Gasteiger partial charge in [0.25, 0.3) is 0 Å². The fourth-order valence-electron chi connectivity index (χ4n) is 2.98. The van der Waals surface area contributed by atoms with Crippen LogP contribution < -0.4 is 10.2 Å².